The number of ketones is 1. The van der Waals surface area contributed by atoms with Gasteiger partial charge in [0.2, 0.25) is 0 Å². The Morgan fingerprint density at radius 1 is 1.26 bits per heavy atom. The van der Waals surface area contributed by atoms with Crippen LogP contribution >= 0.6 is 11.6 Å². The molecule has 7 nitrogen and oxygen atoms in total. The zero-order valence-corrected chi connectivity index (χ0v) is 15.6. The van der Waals surface area contributed by atoms with Gasteiger partial charge in [0.15, 0.2) is 17.3 Å². The van der Waals surface area contributed by atoms with E-state index in [9.17, 15) is 30.0 Å². The minimum Gasteiger partial charge on any atom is -0.507 e. The molecule has 8 heteroatoms. The number of aliphatic hydroxyl groups excluding tert-OH is 2. The minimum absolute atomic E-state index is 0.00623. The number of hydrogen-bond donors (Lipinski definition) is 4. The number of benzene rings is 1. The van der Waals surface area contributed by atoms with Crippen LogP contribution in [-0.2, 0) is 9.53 Å². The number of ether oxygens (including phenoxy) is 1. The highest BCUT2D eigenvalue weighted by atomic mass is 35.5. The molecule has 27 heavy (non-hydrogen) atoms. The van der Waals surface area contributed by atoms with E-state index >= 15 is 0 Å². The number of allylic oxidation sites excluding steroid dienone is 1. The molecular formula is C19H19ClO7. The highest BCUT2D eigenvalue weighted by molar-refractivity contribution is 6.31. The first-order valence-electron chi connectivity index (χ1n) is 7.86. The Kier molecular flexibility index (Phi) is 5.67. The molecule has 0 fully saturated rings. The number of aliphatic hydroxyl groups is 2. The van der Waals surface area contributed by atoms with Crippen LogP contribution in [0.2, 0.25) is 5.02 Å². The zero-order chi connectivity index (χ0) is 20.5. The van der Waals surface area contributed by atoms with Crippen molar-refractivity contribution < 1.29 is 34.8 Å². The van der Waals surface area contributed by atoms with Crippen molar-refractivity contribution in [3.63, 3.8) is 0 Å². The second kappa shape index (κ2) is 7.46. The second-order valence-corrected chi connectivity index (χ2v) is 6.73. The van der Waals surface area contributed by atoms with Crippen molar-refractivity contribution in [1.82, 2.24) is 0 Å². The summed E-state index contributed by atoms with van der Waals surface area (Å²) >= 11 is 5.75. The molecule has 2 atom stereocenters. The number of carbonyl (C=O) groups is 2. The first-order chi connectivity index (χ1) is 12.5. The summed E-state index contributed by atoms with van der Waals surface area (Å²) in [5.41, 5.74) is -1.50. The Morgan fingerprint density at radius 3 is 2.41 bits per heavy atom. The molecule has 1 aromatic rings. The first kappa shape index (κ1) is 20.5. The molecule has 0 spiro atoms. The number of rotatable bonds is 5. The van der Waals surface area contributed by atoms with Crippen LogP contribution in [0.4, 0.5) is 0 Å². The molecule has 0 saturated heterocycles. The SMILES string of the molecule is COC1C(O)=C(O)C(C(=O)O)=C(C)C1(C)C=CC(=O)c1ccc(Cl)cc1O. The van der Waals surface area contributed by atoms with Crippen LogP contribution in [0.5, 0.6) is 5.75 Å². The lowest BCUT2D eigenvalue weighted by Crippen LogP contribution is -2.40. The lowest BCUT2D eigenvalue weighted by atomic mass is 9.70. The molecule has 2 unspecified atom stereocenters. The third-order valence-electron chi connectivity index (χ3n) is 4.71. The molecule has 1 aromatic carbocycles. The Morgan fingerprint density at radius 2 is 1.89 bits per heavy atom. The van der Waals surface area contributed by atoms with Gasteiger partial charge in [-0.1, -0.05) is 17.7 Å². The summed E-state index contributed by atoms with van der Waals surface area (Å²) in [6, 6.07) is 4.03. The molecule has 0 radical (unpaired) electrons. The maximum Gasteiger partial charge on any atom is 0.339 e. The average Bonchev–Trinajstić information content (AvgIpc) is 2.58. The molecule has 0 bridgehead atoms. The molecule has 1 aliphatic carbocycles. The Labute approximate surface area is 160 Å². The molecule has 1 aliphatic rings. The van der Waals surface area contributed by atoms with Crippen LogP contribution in [0.3, 0.4) is 0 Å². The van der Waals surface area contributed by atoms with Gasteiger partial charge in [0.25, 0.3) is 0 Å². The number of methoxy groups -OCH3 is 1. The van der Waals surface area contributed by atoms with Gasteiger partial charge >= 0.3 is 5.97 Å². The summed E-state index contributed by atoms with van der Waals surface area (Å²) in [4.78, 5) is 23.9. The van der Waals surface area contributed by atoms with E-state index in [2.05, 4.69) is 0 Å². The Hall–Kier alpha value is -2.77. The quantitative estimate of drug-likeness (QED) is 0.444. The predicted molar refractivity (Wildman–Crippen MR) is 98.1 cm³/mol. The average molecular weight is 395 g/mol. The van der Waals surface area contributed by atoms with E-state index in [1.165, 1.54) is 38.3 Å². The van der Waals surface area contributed by atoms with Crippen LogP contribution in [0, 0.1) is 5.41 Å². The van der Waals surface area contributed by atoms with Crippen molar-refractivity contribution in [2.24, 2.45) is 5.41 Å². The summed E-state index contributed by atoms with van der Waals surface area (Å²) in [5, 5.41) is 39.7. The fourth-order valence-electron chi connectivity index (χ4n) is 3.06. The monoisotopic (exact) mass is 394 g/mol. The molecule has 0 saturated carbocycles. The van der Waals surface area contributed by atoms with E-state index in [0.29, 0.717) is 0 Å². The molecule has 2 rings (SSSR count). The summed E-state index contributed by atoms with van der Waals surface area (Å²) < 4.78 is 5.24. The predicted octanol–water partition coefficient (Wildman–Crippen LogP) is 3.55. The number of carboxylic acid groups (broad SMARTS) is 1. The third kappa shape index (κ3) is 3.56. The molecular weight excluding hydrogens is 376 g/mol. The highest BCUT2D eigenvalue weighted by Gasteiger charge is 2.45. The van der Waals surface area contributed by atoms with Gasteiger partial charge in [-0.2, -0.15) is 0 Å². The van der Waals surface area contributed by atoms with Crippen LogP contribution in [0.15, 0.2) is 53.0 Å². The lowest BCUT2D eigenvalue weighted by molar-refractivity contribution is -0.133. The van der Waals surface area contributed by atoms with Crippen LogP contribution in [-0.4, -0.2) is 45.4 Å². The maximum absolute atomic E-state index is 12.4. The van der Waals surface area contributed by atoms with Gasteiger partial charge in [0.1, 0.15) is 17.4 Å². The van der Waals surface area contributed by atoms with E-state index < -0.39 is 40.4 Å². The molecule has 144 valence electrons. The number of aromatic hydroxyl groups is 1. The molecule has 0 amide bonds. The van der Waals surface area contributed by atoms with Crippen molar-refractivity contribution >= 4 is 23.4 Å². The van der Waals surface area contributed by atoms with E-state index in [0.717, 1.165) is 6.08 Å². The number of phenolic OH excluding ortho intramolecular Hbond substituents is 1. The summed E-state index contributed by atoms with van der Waals surface area (Å²) in [6.07, 6.45) is 1.41. The van der Waals surface area contributed by atoms with Crippen LogP contribution in [0.1, 0.15) is 24.2 Å². The Balaban J connectivity index is 2.52. The maximum atomic E-state index is 12.4. The Bertz CT molecular complexity index is 897. The van der Waals surface area contributed by atoms with E-state index in [4.69, 9.17) is 16.3 Å². The van der Waals surface area contributed by atoms with Crippen molar-refractivity contribution in [2.75, 3.05) is 7.11 Å². The molecule has 0 aromatic heterocycles. The minimum atomic E-state index is -1.42. The second-order valence-electron chi connectivity index (χ2n) is 6.30. The number of phenols is 1. The fourth-order valence-corrected chi connectivity index (χ4v) is 3.23. The first-order valence-corrected chi connectivity index (χ1v) is 8.24. The third-order valence-corrected chi connectivity index (χ3v) is 4.95. The van der Waals surface area contributed by atoms with Gasteiger partial charge in [-0.15, -0.1) is 0 Å². The topological polar surface area (TPSA) is 124 Å². The largest absolute Gasteiger partial charge is 0.507 e. The fraction of sp³-hybridized carbons (Fsp3) is 0.263. The van der Waals surface area contributed by atoms with Gasteiger partial charge in [-0.05, 0) is 43.7 Å². The normalized spacial score (nSPS) is 23.2. The number of carboxylic acids is 1. The van der Waals surface area contributed by atoms with Crippen LogP contribution in [0.25, 0.3) is 0 Å². The smallest absolute Gasteiger partial charge is 0.339 e. The number of hydrogen-bond acceptors (Lipinski definition) is 6. The standard InChI is InChI=1S/C19H19ClO7/c1-9-14(18(25)26)15(23)16(24)17(27-3)19(9,2)7-6-12(21)11-5-4-10(20)8-13(11)22/h4-8,17,22-24H,1-3H3,(H,25,26). The zero-order valence-electron chi connectivity index (χ0n) is 14.9. The van der Waals surface area contributed by atoms with Gasteiger partial charge in [0, 0.05) is 17.5 Å². The van der Waals surface area contributed by atoms with E-state index in [1.54, 1.807) is 6.92 Å². The highest BCUT2D eigenvalue weighted by Crippen LogP contribution is 2.44. The van der Waals surface area contributed by atoms with Crippen molar-refractivity contribution in [1.29, 1.82) is 0 Å². The lowest BCUT2D eigenvalue weighted by Gasteiger charge is -2.39. The number of aliphatic carboxylic acids is 1. The van der Waals surface area contributed by atoms with Gasteiger partial charge in [-0.3, -0.25) is 4.79 Å². The molecule has 0 heterocycles. The van der Waals surface area contributed by atoms with Crippen molar-refractivity contribution in [3.8, 4) is 5.75 Å². The number of carbonyl (C=O) groups excluding carboxylic acids is 1. The van der Waals surface area contributed by atoms with E-state index in [-0.39, 0.29) is 21.9 Å². The van der Waals surface area contributed by atoms with Crippen LogP contribution < -0.4 is 0 Å². The van der Waals surface area contributed by atoms with Crippen molar-refractivity contribution in [3.05, 3.63) is 63.6 Å². The summed E-state index contributed by atoms with van der Waals surface area (Å²) in [7, 11) is 1.28. The number of halogens is 1. The van der Waals surface area contributed by atoms with Crippen molar-refractivity contribution in [2.45, 2.75) is 20.0 Å². The molecule has 4 N–H and O–H groups in total. The van der Waals surface area contributed by atoms with Gasteiger partial charge in [0.05, 0.1) is 5.56 Å². The molecule has 0 aliphatic heterocycles. The van der Waals surface area contributed by atoms with Gasteiger partial charge < -0.3 is 25.2 Å². The van der Waals surface area contributed by atoms with E-state index in [1.807, 2.05) is 0 Å². The summed E-state index contributed by atoms with van der Waals surface area (Å²) in [5.74, 6) is -3.70. The summed E-state index contributed by atoms with van der Waals surface area (Å²) in [6.45, 7) is 3.03. The van der Waals surface area contributed by atoms with Gasteiger partial charge in [-0.25, -0.2) is 4.79 Å².